The van der Waals surface area contributed by atoms with Crippen molar-refractivity contribution >= 4 is 47.0 Å². The van der Waals surface area contributed by atoms with Crippen molar-refractivity contribution in [2.24, 2.45) is 10.7 Å². The molecule has 2 aromatic rings. The summed E-state index contributed by atoms with van der Waals surface area (Å²) in [4.78, 5) is 9.77. The molecule has 3 N–H and O–H groups in total. The number of halogens is 4. The molecule has 10 heteroatoms. The number of nitrogens with one attached hydrogen (secondary N) is 1. The first-order valence-electron chi connectivity index (χ1n) is 7.08. The summed E-state index contributed by atoms with van der Waals surface area (Å²) >= 11 is 1.63. The van der Waals surface area contributed by atoms with Crippen molar-refractivity contribution in [3.63, 3.8) is 0 Å². The minimum Gasteiger partial charge on any atom is -0.406 e. The molecule has 0 unspecified atom stereocenters. The molecule has 0 saturated heterocycles. The summed E-state index contributed by atoms with van der Waals surface area (Å²) in [5.41, 5.74) is 7.30. The van der Waals surface area contributed by atoms with Crippen LogP contribution in [-0.4, -0.2) is 23.9 Å². The fraction of sp³-hybridized carbons (Fsp3) is 0.333. The third kappa shape index (κ3) is 7.46. The number of rotatable bonds is 5. The highest BCUT2D eigenvalue weighted by atomic mass is 127. The molecule has 1 heterocycles. The van der Waals surface area contributed by atoms with Gasteiger partial charge in [-0.1, -0.05) is 0 Å². The monoisotopic (exact) mass is 486 g/mol. The van der Waals surface area contributed by atoms with E-state index in [0.29, 0.717) is 18.7 Å². The van der Waals surface area contributed by atoms with Crippen molar-refractivity contribution in [2.75, 3.05) is 11.9 Å². The molecular formula is C15H18F3IN4OS. The van der Waals surface area contributed by atoms with Crippen LogP contribution in [0.15, 0.2) is 29.3 Å². The molecule has 0 radical (unpaired) electrons. The van der Waals surface area contributed by atoms with Crippen molar-refractivity contribution in [3.8, 4) is 5.75 Å². The number of nitrogens with zero attached hydrogens (tertiary/aromatic N) is 2. The Balaban J connectivity index is 0.00000312. The molecule has 1 aromatic heterocycles. The van der Waals surface area contributed by atoms with Gasteiger partial charge in [0, 0.05) is 23.5 Å². The largest absolute Gasteiger partial charge is 0.573 e. The number of ether oxygens (including phenoxy) is 1. The number of guanidine groups is 1. The van der Waals surface area contributed by atoms with E-state index in [1.807, 2.05) is 13.8 Å². The van der Waals surface area contributed by atoms with Crippen molar-refractivity contribution in [2.45, 2.75) is 26.6 Å². The van der Waals surface area contributed by atoms with E-state index in [-0.39, 0.29) is 35.7 Å². The Bertz CT molecular complexity index is 697. The predicted molar refractivity (Wildman–Crippen MR) is 104 cm³/mol. The summed E-state index contributed by atoms with van der Waals surface area (Å²) in [6.07, 6.45) is -4.03. The van der Waals surface area contributed by atoms with Gasteiger partial charge in [-0.15, -0.1) is 48.5 Å². The van der Waals surface area contributed by atoms with Crippen molar-refractivity contribution in [3.05, 3.63) is 39.8 Å². The zero-order valence-electron chi connectivity index (χ0n) is 13.6. The number of nitrogens with two attached hydrogens (primary N) is 1. The van der Waals surface area contributed by atoms with Gasteiger partial charge < -0.3 is 15.8 Å². The second-order valence-electron chi connectivity index (χ2n) is 4.96. The number of aromatic nitrogens is 1. The van der Waals surface area contributed by atoms with E-state index in [1.165, 1.54) is 29.1 Å². The van der Waals surface area contributed by atoms with Crippen LogP contribution in [0.3, 0.4) is 0 Å². The van der Waals surface area contributed by atoms with Gasteiger partial charge in [0.25, 0.3) is 0 Å². The predicted octanol–water partition coefficient (Wildman–Crippen LogP) is 4.25. The van der Waals surface area contributed by atoms with Gasteiger partial charge in [-0.25, -0.2) is 4.98 Å². The van der Waals surface area contributed by atoms with Gasteiger partial charge in [-0.2, -0.15) is 0 Å². The maximum absolute atomic E-state index is 12.1. The van der Waals surface area contributed by atoms with E-state index in [0.717, 1.165) is 10.7 Å². The molecule has 0 atom stereocenters. The molecule has 2 rings (SSSR count). The molecule has 0 aliphatic heterocycles. The maximum atomic E-state index is 12.1. The number of anilines is 1. The summed E-state index contributed by atoms with van der Waals surface area (Å²) in [5.74, 6) is -0.109. The van der Waals surface area contributed by atoms with Crippen LogP contribution in [0.5, 0.6) is 5.75 Å². The quantitative estimate of drug-likeness (QED) is 0.377. The lowest BCUT2D eigenvalue weighted by molar-refractivity contribution is -0.274. The van der Waals surface area contributed by atoms with Gasteiger partial charge >= 0.3 is 6.36 Å². The lowest BCUT2D eigenvalue weighted by atomic mass is 10.3. The smallest absolute Gasteiger partial charge is 0.406 e. The minimum absolute atomic E-state index is 0. The minimum atomic E-state index is -4.71. The summed E-state index contributed by atoms with van der Waals surface area (Å²) in [6.45, 7) is 4.45. The first-order chi connectivity index (χ1) is 11.2. The second kappa shape index (κ2) is 9.22. The fourth-order valence-corrected chi connectivity index (χ4v) is 2.77. The van der Waals surface area contributed by atoms with Crippen LogP contribution in [0, 0.1) is 13.8 Å². The van der Waals surface area contributed by atoms with Gasteiger partial charge in [0.2, 0.25) is 0 Å². The number of hydrogen-bond donors (Lipinski definition) is 2. The average Bonchev–Trinajstić information content (AvgIpc) is 2.78. The number of hydrogen-bond acceptors (Lipinski definition) is 4. The molecule has 0 fully saturated rings. The Kier molecular flexibility index (Phi) is 7.93. The first-order valence-corrected chi connectivity index (χ1v) is 7.90. The molecule has 138 valence electrons. The number of aryl methyl sites for hydroxylation is 2. The topological polar surface area (TPSA) is 72.5 Å². The van der Waals surface area contributed by atoms with E-state index in [2.05, 4.69) is 20.0 Å². The number of aliphatic imine (C=N–C) groups is 1. The molecule has 1 aromatic carbocycles. The molecular weight excluding hydrogens is 468 g/mol. The Labute approximate surface area is 164 Å². The van der Waals surface area contributed by atoms with E-state index in [9.17, 15) is 13.2 Å². The van der Waals surface area contributed by atoms with Crippen LogP contribution in [0.25, 0.3) is 0 Å². The normalized spacial score (nSPS) is 11.8. The molecule has 25 heavy (non-hydrogen) atoms. The molecule has 0 amide bonds. The van der Waals surface area contributed by atoms with Crippen molar-refractivity contribution in [1.29, 1.82) is 0 Å². The number of benzene rings is 1. The van der Waals surface area contributed by atoms with Gasteiger partial charge in [-0.05, 0) is 38.1 Å². The molecule has 5 nitrogen and oxygen atoms in total. The Morgan fingerprint density at radius 2 is 1.92 bits per heavy atom. The van der Waals surface area contributed by atoms with E-state index in [4.69, 9.17) is 5.73 Å². The Hall–Kier alpha value is -1.56. The lowest BCUT2D eigenvalue weighted by Crippen LogP contribution is -2.23. The van der Waals surface area contributed by atoms with Gasteiger partial charge in [0.1, 0.15) is 5.75 Å². The highest BCUT2D eigenvalue weighted by Gasteiger charge is 2.30. The van der Waals surface area contributed by atoms with Gasteiger partial charge in [-0.3, -0.25) is 4.99 Å². The third-order valence-electron chi connectivity index (χ3n) is 3.04. The van der Waals surface area contributed by atoms with Gasteiger partial charge in [0.05, 0.1) is 10.7 Å². The summed E-state index contributed by atoms with van der Waals surface area (Å²) in [6, 6.07) is 5.25. The highest BCUT2D eigenvalue weighted by Crippen LogP contribution is 2.23. The lowest BCUT2D eigenvalue weighted by Gasteiger charge is -2.10. The first kappa shape index (κ1) is 21.5. The van der Waals surface area contributed by atoms with Crippen LogP contribution in [0.2, 0.25) is 0 Å². The summed E-state index contributed by atoms with van der Waals surface area (Å²) in [7, 11) is 0. The molecule has 0 saturated carbocycles. The Morgan fingerprint density at radius 1 is 1.28 bits per heavy atom. The number of alkyl halides is 3. The third-order valence-corrected chi connectivity index (χ3v) is 4.17. The summed E-state index contributed by atoms with van der Waals surface area (Å²) < 4.78 is 40.0. The van der Waals surface area contributed by atoms with E-state index >= 15 is 0 Å². The van der Waals surface area contributed by atoms with Crippen molar-refractivity contribution in [1.82, 2.24) is 4.98 Å². The Morgan fingerprint density at radius 3 is 2.44 bits per heavy atom. The van der Waals surface area contributed by atoms with Gasteiger partial charge in [0.15, 0.2) is 5.96 Å². The maximum Gasteiger partial charge on any atom is 0.573 e. The number of thiazole rings is 1. The summed E-state index contributed by atoms with van der Waals surface area (Å²) in [5, 5.41) is 3.80. The van der Waals surface area contributed by atoms with Crippen molar-refractivity contribution < 1.29 is 17.9 Å². The molecule has 0 bridgehead atoms. The zero-order chi connectivity index (χ0) is 17.7. The average molecular weight is 486 g/mol. The van der Waals surface area contributed by atoms with Crippen LogP contribution in [-0.2, 0) is 6.42 Å². The molecule has 0 aliphatic carbocycles. The van der Waals surface area contributed by atoms with E-state index in [1.54, 1.807) is 11.3 Å². The van der Waals surface area contributed by atoms with Crippen LogP contribution >= 0.6 is 35.3 Å². The van der Waals surface area contributed by atoms with E-state index < -0.39 is 6.36 Å². The standard InChI is InChI=1S/C15H17F3N4OS.HI/c1-9-10(2)24-13(21-9)7-8-20-14(19)22-11-3-5-12(6-4-11)23-15(16,17)18;/h3-6H,7-8H2,1-2H3,(H3,19,20,22);1H. The highest BCUT2D eigenvalue weighted by molar-refractivity contribution is 14.0. The SMILES string of the molecule is Cc1nc(CCN=C(N)Nc2ccc(OC(F)(F)F)cc2)sc1C.I. The van der Waals surface area contributed by atoms with Crippen LogP contribution < -0.4 is 15.8 Å². The fourth-order valence-electron chi connectivity index (χ4n) is 1.85. The zero-order valence-corrected chi connectivity index (χ0v) is 16.7. The molecule has 0 aliphatic rings. The molecule has 0 spiro atoms. The van der Waals surface area contributed by atoms with Crippen LogP contribution in [0.4, 0.5) is 18.9 Å². The van der Waals surface area contributed by atoms with Crippen LogP contribution in [0.1, 0.15) is 15.6 Å². The second-order valence-corrected chi connectivity index (χ2v) is 6.25.